The molecule has 4 rings (SSSR count). The average molecular weight is 532 g/mol. The van der Waals surface area contributed by atoms with Gasteiger partial charge in [-0.2, -0.15) is 0 Å². The number of aromatic carboxylic acids is 1. The number of fused-ring (bicyclic) bond motifs is 2. The van der Waals surface area contributed by atoms with E-state index in [2.05, 4.69) is 10.3 Å². The Balaban J connectivity index is 0.00000272. The van der Waals surface area contributed by atoms with Crippen LogP contribution in [0.3, 0.4) is 0 Å². The van der Waals surface area contributed by atoms with Crippen LogP contribution in [0.1, 0.15) is 28.4 Å². The number of carbonyl (C=O) groups excluding carboxylic acids is 1. The van der Waals surface area contributed by atoms with Crippen LogP contribution < -0.4 is 84.7 Å². The van der Waals surface area contributed by atoms with Gasteiger partial charge in [0, 0.05) is 53.5 Å². The monoisotopic (exact) mass is 532 g/mol. The quantitative estimate of drug-likeness (QED) is 0.401. The Kier molecular flexibility index (Phi) is 7.73. The second-order valence-electron chi connectivity index (χ2n) is 7.36. The maximum Gasteiger partial charge on any atom is 1.00 e. The zero-order valence-corrected chi connectivity index (χ0v) is 24.8. The molecule has 0 unspecified atom stereocenters. The van der Waals surface area contributed by atoms with Gasteiger partial charge in [-0.05, 0) is 49.6 Å². The third-order valence-electron chi connectivity index (χ3n) is 5.41. The zero-order valence-electron chi connectivity index (χ0n) is 18.5. The van der Waals surface area contributed by atoms with E-state index < -0.39 is 5.97 Å². The fourth-order valence-corrected chi connectivity index (χ4v) is 3.98. The van der Waals surface area contributed by atoms with Crippen molar-refractivity contribution >= 4 is 22.6 Å². The average Bonchev–Trinajstić information content (AvgIpc) is 2.73. The van der Waals surface area contributed by atoms with E-state index in [4.69, 9.17) is 4.42 Å². The molecule has 2 aromatic rings. The number of carboxylic acids is 1. The van der Waals surface area contributed by atoms with Gasteiger partial charge in [-0.25, -0.2) is 0 Å². The van der Waals surface area contributed by atoms with Crippen LogP contribution in [0, 0.1) is 13.8 Å². The van der Waals surface area contributed by atoms with Crippen molar-refractivity contribution in [1.29, 1.82) is 0 Å². The van der Waals surface area contributed by atoms with E-state index >= 15 is 0 Å². The fraction of sp³-hybridized carbons (Fsp3) is 0.200. The predicted octanol–water partition coefficient (Wildman–Crippen LogP) is 1.15. The molecule has 6 heteroatoms. The van der Waals surface area contributed by atoms with Gasteiger partial charge >= 0.3 is 68.9 Å². The topological polar surface area (TPSA) is 77.7 Å². The van der Waals surface area contributed by atoms with Crippen molar-refractivity contribution < 1.29 is 83.2 Å². The summed E-state index contributed by atoms with van der Waals surface area (Å²) in [5, 5.41) is 16.9. The molecule has 0 saturated carbocycles. The van der Waals surface area contributed by atoms with Gasteiger partial charge in [0.15, 0.2) is 0 Å². The smallest absolute Gasteiger partial charge is 0.545 e. The number of hydrogen-bond acceptors (Lipinski definition) is 5. The summed E-state index contributed by atoms with van der Waals surface area (Å²) in [6.45, 7) is 6.85. The first-order valence-electron chi connectivity index (χ1n) is 9.93. The van der Waals surface area contributed by atoms with E-state index in [-0.39, 0.29) is 74.5 Å². The maximum absolute atomic E-state index is 11.9. The Morgan fingerprint density at radius 2 is 1.81 bits per heavy atom. The van der Waals surface area contributed by atoms with Crippen molar-refractivity contribution in [2.75, 3.05) is 18.9 Å². The molecule has 0 spiro atoms. The summed E-state index contributed by atoms with van der Waals surface area (Å²) >= 11 is 0. The minimum absolute atomic E-state index is 0. The van der Waals surface area contributed by atoms with Crippen molar-refractivity contribution in [3.05, 3.63) is 70.6 Å². The SMILES string of the molecule is CCNc1cc2oc3cc(=NC)c(C)cc-3c(-c3ccccc3C(=O)[O-])c2cc1C.[Cs+]. The molecular formula is C25H23CsN2O3. The Bertz CT molecular complexity index is 1320. The van der Waals surface area contributed by atoms with E-state index in [9.17, 15) is 9.90 Å². The fourth-order valence-electron chi connectivity index (χ4n) is 3.98. The Hall–Kier alpha value is -1.55. The van der Waals surface area contributed by atoms with Crippen LogP contribution in [0.5, 0.6) is 0 Å². The molecule has 0 saturated heterocycles. The van der Waals surface area contributed by atoms with Gasteiger partial charge in [0.05, 0.1) is 11.3 Å². The third kappa shape index (κ3) is 4.51. The third-order valence-corrected chi connectivity index (χ3v) is 5.41. The van der Waals surface area contributed by atoms with Gasteiger partial charge in [-0.3, -0.25) is 4.99 Å². The Morgan fingerprint density at radius 1 is 1.06 bits per heavy atom. The van der Waals surface area contributed by atoms with Crippen molar-refractivity contribution in [2.45, 2.75) is 20.8 Å². The molecule has 31 heavy (non-hydrogen) atoms. The van der Waals surface area contributed by atoms with Crippen molar-refractivity contribution in [2.24, 2.45) is 4.99 Å². The molecule has 0 amide bonds. The zero-order chi connectivity index (χ0) is 21.4. The summed E-state index contributed by atoms with van der Waals surface area (Å²) < 4.78 is 6.29. The normalized spacial score (nSPS) is 11.5. The standard InChI is InChI=1S/C25H24N2O3.Cs/c1-5-27-21-13-23-19(11-15(21)3)24(16-8-6-7-9-17(16)25(28)29)18-10-14(2)20(26-4)12-22(18)30-23;/h6-13,27H,5H2,1-4H3,(H,28,29);/q;+1/p-1. The second kappa shape index (κ2) is 9.94. The molecule has 2 aromatic carbocycles. The molecule has 0 atom stereocenters. The van der Waals surface area contributed by atoms with E-state index in [0.717, 1.165) is 45.2 Å². The van der Waals surface area contributed by atoms with Crippen molar-refractivity contribution in [1.82, 2.24) is 0 Å². The number of nitrogens with zero attached hydrogens (tertiary/aromatic N) is 1. The van der Waals surface area contributed by atoms with Crippen LogP contribution in [-0.2, 0) is 0 Å². The minimum Gasteiger partial charge on any atom is -0.545 e. The van der Waals surface area contributed by atoms with E-state index in [1.807, 2.05) is 57.2 Å². The summed E-state index contributed by atoms with van der Waals surface area (Å²) in [5.74, 6) is -0.547. The minimum atomic E-state index is -1.20. The first kappa shape index (κ1) is 24.1. The molecule has 2 aliphatic rings. The van der Waals surface area contributed by atoms with Crippen molar-refractivity contribution in [3.63, 3.8) is 0 Å². The Morgan fingerprint density at radius 3 is 2.48 bits per heavy atom. The number of nitrogens with one attached hydrogen (secondary N) is 1. The largest absolute Gasteiger partial charge is 1.00 e. The number of carboxylic acid groups (broad SMARTS) is 1. The Labute approximate surface area is 240 Å². The molecule has 1 N–H and O–H groups in total. The molecule has 0 bridgehead atoms. The van der Waals surface area contributed by atoms with Crippen LogP contribution in [0.2, 0.25) is 0 Å². The molecule has 0 fully saturated rings. The van der Waals surface area contributed by atoms with E-state index in [1.165, 1.54) is 0 Å². The maximum atomic E-state index is 11.9. The number of carbonyl (C=O) groups is 1. The second-order valence-corrected chi connectivity index (χ2v) is 7.36. The molecule has 152 valence electrons. The van der Waals surface area contributed by atoms with Gasteiger partial charge in [-0.15, -0.1) is 0 Å². The number of benzene rings is 3. The van der Waals surface area contributed by atoms with Gasteiger partial charge in [0.1, 0.15) is 11.3 Å². The van der Waals surface area contributed by atoms with Crippen LogP contribution in [0.15, 0.2) is 57.9 Å². The van der Waals surface area contributed by atoms with Crippen LogP contribution in [-0.4, -0.2) is 19.6 Å². The van der Waals surface area contributed by atoms with Crippen LogP contribution >= 0.6 is 0 Å². The molecule has 5 nitrogen and oxygen atoms in total. The number of aryl methyl sites for hydroxylation is 2. The predicted molar refractivity (Wildman–Crippen MR) is 118 cm³/mol. The van der Waals surface area contributed by atoms with E-state index in [1.54, 1.807) is 19.2 Å². The van der Waals surface area contributed by atoms with Gasteiger partial charge < -0.3 is 19.6 Å². The van der Waals surface area contributed by atoms with Gasteiger partial charge in [0.2, 0.25) is 0 Å². The summed E-state index contributed by atoms with van der Waals surface area (Å²) in [5.41, 5.74) is 6.15. The molecular weight excluding hydrogens is 509 g/mol. The molecule has 0 radical (unpaired) electrons. The van der Waals surface area contributed by atoms with Gasteiger partial charge in [0.25, 0.3) is 0 Å². The summed E-state index contributed by atoms with van der Waals surface area (Å²) in [4.78, 5) is 16.2. The first-order valence-corrected chi connectivity index (χ1v) is 9.93. The number of anilines is 1. The van der Waals surface area contributed by atoms with Crippen LogP contribution in [0.25, 0.3) is 33.4 Å². The van der Waals surface area contributed by atoms with Crippen molar-refractivity contribution in [3.8, 4) is 22.5 Å². The summed E-state index contributed by atoms with van der Waals surface area (Å²) in [6.07, 6.45) is 0. The molecule has 1 aliphatic carbocycles. The number of hydrogen-bond donors (Lipinski definition) is 1. The molecule has 1 aliphatic heterocycles. The molecule has 1 heterocycles. The summed E-state index contributed by atoms with van der Waals surface area (Å²) in [7, 11) is 1.74. The number of rotatable bonds is 4. The molecule has 0 aromatic heterocycles. The van der Waals surface area contributed by atoms with Gasteiger partial charge in [-0.1, -0.05) is 24.3 Å². The summed E-state index contributed by atoms with van der Waals surface area (Å²) in [6, 6.07) is 14.9. The van der Waals surface area contributed by atoms with E-state index in [0.29, 0.717) is 16.9 Å². The van der Waals surface area contributed by atoms with Crippen LogP contribution in [0.4, 0.5) is 5.69 Å². The first-order chi connectivity index (χ1) is 14.4.